The Bertz CT molecular complexity index is 1150. The van der Waals surface area contributed by atoms with Crippen LogP contribution in [0.2, 0.25) is 0 Å². The lowest BCUT2D eigenvalue weighted by atomic mass is 10.1. The maximum atomic E-state index is 12.4. The average Bonchev–Trinajstić information content (AvgIpc) is 3.10. The number of anilines is 1. The number of hydrogen-bond donors (Lipinski definition) is 2. The third kappa shape index (κ3) is 5.24. The number of benzene rings is 2. The SMILES string of the molecule is COc1ccc(CCNC(=O)Cn2ccc3c(NS(C)(=O)=O)cccc32)cc1OC. The molecule has 3 rings (SSSR count). The Kier molecular flexibility index (Phi) is 6.51. The molecular formula is C21H25N3O5S. The van der Waals surface area contributed by atoms with Crippen LogP contribution in [0.1, 0.15) is 5.56 Å². The Balaban J connectivity index is 1.61. The number of methoxy groups -OCH3 is 2. The molecule has 0 atom stereocenters. The van der Waals surface area contributed by atoms with Crippen LogP contribution in [0.3, 0.4) is 0 Å². The summed E-state index contributed by atoms with van der Waals surface area (Å²) in [6, 6.07) is 12.7. The number of carbonyl (C=O) groups excluding carboxylic acids is 1. The van der Waals surface area contributed by atoms with Crippen LogP contribution < -0.4 is 19.5 Å². The minimum absolute atomic E-state index is 0.130. The van der Waals surface area contributed by atoms with Gasteiger partial charge in [0.1, 0.15) is 6.54 Å². The van der Waals surface area contributed by atoms with E-state index in [-0.39, 0.29) is 12.5 Å². The molecule has 0 aliphatic heterocycles. The van der Waals surface area contributed by atoms with Gasteiger partial charge in [-0.1, -0.05) is 12.1 Å². The van der Waals surface area contributed by atoms with Crippen LogP contribution in [0.5, 0.6) is 11.5 Å². The molecule has 0 unspecified atom stereocenters. The number of sulfonamides is 1. The number of fused-ring (bicyclic) bond motifs is 1. The van der Waals surface area contributed by atoms with Crippen LogP contribution in [0, 0.1) is 0 Å². The monoisotopic (exact) mass is 431 g/mol. The second kappa shape index (κ2) is 9.08. The van der Waals surface area contributed by atoms with E-state index in [1.165, 1.54) is 0 Å². The van der Waals surface area contributed by atoms with Crippen molar-refractivity contribution in [3.05, 3.63) is 54.2 Å². The first-order valence-corrected chi connectivity index (χ1v) is 11.2. The van der Waals surface area contributed by atoms with E-state index in [0.29, 0.717) is 30.2 Å². The van der Waals surface area contributed by atoms with Gasteiger partial charge in [-0.05, 0) is 42.3 Å². The third-order valence-corrected chi connectivity index (χ3v) is 5.20. The molecule has 1 aromatic heterocycles. The van der Waals surface area contributed by atoms with E-state index in [9.17, 15) is 13.2 Å². The minimum atomic E-state index is -3.39. The molecule has 0 saturated carbocycles. The summed E-state index contributed by atoms with van der Waals surface area (Å²) in [5.74, 6) is 1.18. The number of amides is 1. The van der Waals surface area contributed by atoms with Gasteiger partial charge in [-0.15, -0.1) is 0 Å². The first kappa shape index (κ1) is 21.5. The summed E-state index contributed by atoms with van der Waals surface area (Å²) >= 11 is 0. The molecule has 9 heteroatoms. The van der Waals surface area contributed by atoms with Crippen LogP contribution in [0.15, 0.2) is 48.7 Å². The first-order valence-electron chi connectivity index (χ1n) is 9.34. The molecule has 0 spiro atoms. The summed E-state index contributed by atoms with van der Waals surface area (Å²) in [5, 5.41) is 3.65. The molecule has 0 aliphatic carbocycles. The fourth-order valence-corrected chi connectivity index (χ4v) is 3.82. The van der Waals surface area contributed by atoms with Gasteiger partial charge in [0.05, 0.1) is 31.7 Å². The highest BCUT2D eigenvalue weighted by atomic mass is 32.2. The molecule has 0 saturated heterocycles. The number of rotatable bonds is 9. The van der Waals surface area contributed by atoms with E-state index in [1.54, 1.807) is 43.2 Å². The Morgan fingerprint density at radius 1 is 1.07 bits per heavy atom. The van der Waals surface area contributed by atoms with Crippen LogP contribution in [-0.4, -0.2) is 45.9 Å². The molecule has 0 aliphatic rings. The summed E-state index contributed by atoms with van der Waals surface area (Å²) in [4.78, 5) is 12.4. The van der Waals surface area contributed by atoms with Crippen LogP contribution in [-0.2, 0) is 27.8 Å². The molecule has 30 heavy (non-hydrogen) atoms. The third-order valence-electron chi connectivity index (χ3n) is 4.61. The molecule has 1 heterocycles. The van der Waals surface area contributed by atoms with Crippen molar-refractivity contribution >= 4 is 32.5 Å². The predicted octanol–water partition coefficient (Wildman–Crippen LogP) is 2.39. The predicted molar refractivity (Wildman–Crippen MR) is 117 cm³/mol. The maximum absolute atomic E-state index is 12.4. The number of ether oxygens (including phenoxy) is 2. The van der Waals surface area contributed by atoms with Gasteiger partial charge in [0.25, 0.3) is 0 Å². The molecule has 8 nitrogen and oxygen atoms in total. The van der Waals surface area contributed by atoms with E-state index in [0.717, 1.165) is 22.7 Å². The van der Waals surface area contributed by atoms with Gasteiger partial charge in [0.2, 0.25) is 15.9 Å². The fraction of sp³-hybridized carbons (Fsp3) is 0.286. The molecule has 2 N–H and O–H groups in total. The second-order valence-corrected chi connectivity index (χ2v) is 8.59. The largest absolute Gasteiger partial charge is 0.493 e. The molecule has 1 amide bonds. The molecule has 0 bridgehead atoms. The van der Waals surface area contributed by atoms with Gasteiger partial charge in [-0.2, -0.15) is 0 Å². The summed E-state index contributed by atoms with van der Waals surface area (Å²) in [5.41, 5.74) is 2.29. The van der Waals surface area contributed by atoms with Crippen molar-refractivity contribution in [2.24, 2.45) is 0 Å². The molecule has 0 radical (unpaired) electrons. The van der Waals surface area contributed by atoms with Crippen molar-refractivity contribution in [3.63, 3.8) is 0 Å². The normalized spacial score (nSPS) is 11.3. The van der Waals surface area contributed by atoms with Gasteiger partial charge in [-0.3, -0.25) is 9.52 Å². The van der Waals surface area contributed by atoms with Crippen molar-refractivity contribution in [2.45, 2.75) is 13.0 Å². The second-order valence-electron chi connectivity index (χ2n) is 6.85. The maximum Gasteiger partial charge on any atom is 0.239 e. The molecule has 160 valence electrons. The standard InChI is InChI=1S/C21H25N3O5S/c1-28-19-8-7-15(13-20(19)29-2)9-11-22-21(25)14-24-12-10-16-17(23-30(3,26)27)5-4-6-18(16)24/h4-8,10,12-13,23H,9,11,14H2,1-3H3,(H,22,25). The summed E-state index contributed by atoms with van der Waals surface area (Å²) in [6.07, 6.45) is 3.53. The van der Waals surface area contributed by atoms with E-state index in [1.807, 2.05) is 24.3 Å². The number of nitrogens with one attached hydrogen (secondary N) is 2. The van der Waals surface area contributed by atoms with Crippen molar-refractivity contribution in [3.8, 4) is 11.5 Å². The zero-order valence-electron chi connectivity index (χ0n) is 17.1. The lowest BCUT2D eigenvalue weighted by molar-refractivity contribution is -0.121. The highest BCUT2D eigenvalue weighted by molar-refractivity contribution is 7.92. The lowest BCUT2D eigenvalue weighted by Crippen LogP contribution is -2.29. The van der Waals surface area contributed by atoms with Crippen molar-refractivity contribution in [2.75, 3.05) is 31.7 Å². The van der Waals surface area contributed by atoms with Gasteiger partial charge in [-0.25, -0.2) is 8.42 Å². The number of carbonyl (C=O) groups is 1. The van der Waals surface area contributed by atoms with Crippen LogP contribution in [0.25, 0.3) is 10.9 Å². The molecule has 0 fully saturated rings. The Labute approximate surface area is 175 Å². The topological polar surface area (TPSA) is 98.7 Å². The Morgan fingerprint density at radius 2 is 1.83 bits per heavy atom. The molecular weight excluding hydrogens is 406 g/mol. The zero-order valence-corrected chi connectivity index (χ0v) is 18.0. The Hall–Kier alpha value is -3.20. The zero-order chi connectivity index (χ0) is 21.7. The van der Waals surface area contributed by atoms with Gasteiger partial charge >= 0.3 is 0 Å². The van der Waals surface area contributed by atoms with Crippen molar-refractivity contribution in [1.29, 1.82) is 0 Å². The van der Waals surface area contributed by atoms with E-state index in [4.69, 9.17) is 9.47 Å². The summed E-state index contributed by atoms with van der Waals surface area (Å²) in [6.45, 7) is 0.617. The van der Waals surface area contributed by atoms with Gasteiger partial charge < -0.3 is 19.4 Å². The van der Waals surface area contributed by atoms with Crippen molar-refractivity contribution in [1.82, 2.24) is 9.88 Å². The lowest BCUT2D eigenvalue weighted by Gasteiger charge is -2.11. The van der Waals surface area contributed by atoms with Crippen molar-refractivity contribution < 1.29 is 22.7 Å². The average molecular weight is 432 g/mol. The quantitative estimate of drug-likeness (QED) is 0.542. The van der Waals surface area contributed by atoms with Gasteiger partial charge in [0, 0.05) is 18.1 Å². The smallest absolute Gasteiger partial charge is 0.239 e. The highest BCUT2D eigenvalue weighted by Gasteiger charge is 2.11. The minimum Gasteiger partial charge on any atom is -0.493 e. The number of nitrogens with zero attached hydrogens (tertiary/aromatic N) is 1. The first-order chi connectivity index (χ1) is 14.3. The van der Waals surface area contributed by atoms with E-state index >= 15 is 0 Å². The number of hydrogen-bond acceptors (Lipinski definition) is 5. The van der Waals surface area contributed by atoms with Gasteiger partial charge in [0.15, 0.2) is 11.5 Å². The number of aromatic nitrogens is 1. The highest BCUT2D eigenvalue weighted by Crippen LogP contribution is 2.27. The summed E-state index contributed by atoms with van der Waals surface area (Å²) < 4.78 is 37.9. The van der Waals surface area contributed by atoms with E-state index < -0.39 is 10.0 Å². The van der Waals surface area contributed by atoms with E-state index in [2.05, 4.69) is 10.0 Å². The van der Waals surface area contributed by atoms with Crippen LogP contribution in [0.4, 0.5) is 5.69 Å². The molecule has 2 aromatic carbocycles. The molecule has 3 aromatic rings. The Morgan fingerprint density at radius 3 is 2.53 bits per heavy atom. The summed E-state index contributed by atoms with van der Waals surface area (Å²) in [7, 11) is -0.215. The fourth-order valence-electron chi connectivity index (χ4n) is 3.24. The van der Waals surface area contributed by atoms with Crippen LogP contribution >= 0.6 is 0 Å².